The molecule has 82 valence electrons. The zero-order valence-electron chi connectivity index (χ0n) is 8.58. The molecule has 1 aliphatic carbocycles. The van der Waals surface area contributed by atoms with Crippen LogP contribution in [0.25, 0.3) is 0 Å². The Morgan fingerprint density at radius 1 is 1.47 bits per heavy atom. The molecule has 0 saturated heterocycles. The van der Waals surface area contributed by atoms with E-state index in [1.165, 1.54) is 0 Å². The Kier molecular flexibility index (Phi) is 3.24. The molecule has 1 saturated carbocycles. The number of hydrogen-bond acceptors (Lipinski definition) is 1. The van der Waals surface area contributed by atoms with Crippen LogP contribution in [-0.2, 0) is 6.42 Å². The largest absolute Gasteiger partial charge is 0.392 e. The van der Waals surface area contributed by atoms with Crippen molar-refractivity contribution >= 4 is 23.2 Å². The van der Waals surface area contributed by atoms with E-state index >= 15 is 0 Å². The third-order valence-corrected chi connectivity index (χ3v) is 3.70. The number of aliphatic hydroxyl groups is 1. The Balaban J connectivity index is 2.04. The first-order valence-corrected chi connectivity index (χ1v) is 5.95. The number of rotatable bonds is 3. The molecular formula is C12H14Cl2O. The molecule has 1 aromatic carbocycles. The van der Waals surface area contributed by atoms with Crippen molar-refractivity contribution in [1.29, 1.82) is 0 Å². The molecule has 0 aliphatic heterocycles. The molecular weight excluding hydrogens is 231 g/mol. The summed E-state index contributed by atoms with van der Waals surface area (Å²) in [4.78, 5) is 0. The molecule has 3 unspecified atom stereocenters. The van der Waals surface area contributed by atoms with Crippen molar-refractivity contribution in [2.75, 3.05) is 0 Å². The van der Waals surface area contributed by atoms with Crippen LogP contribution in [0.2, 0.25) is 10.0 Å². The van der Waals surface area contributed by atoms with Crippen LogP contribution in [0.3, 0.4) is 0 Å². The van der Waals surface area contributed by atoms with Gasteiger partial charge in [0.15, 0.2) is 0 Å². The minimum atomic E-state index is -0.265. The lowest BCUT2D eigenvalue weighted by atomic mass is 10.0. The third kappa shape index (κ3) is 2.66. The van der Waals surface area contributed by atoms with Crippen LogP contribution < -0.4 is 0 Å². The SMILES string of the molecule is CC1CC1C(O)Cc1ccc(Cl)cc1Cl. The topological polar surface area (TPSA) is 20.2 Å². The maximum atomic E-state index is 9.91. The van der Waals surface area contributed by atoms with Crippen LogP contribution in [0.5, 0.6) is 0 Å². The molecule has 1 nitrogen and oxygen atoms in total. The molecule has 3 atom stereocenters. The number of benzene rings is 1. The molecule has 1 aromatic rings. The highest BCUT2D eigenvalue weighted by Gasteiger charge is 2.38. The van der Waals surface area contributed by atoms with Gasteiger partial charge in [-0.3, -0.25) is 0 Å². The summed E-state index contributed by atoms with van der Waals surface area (Å²) in [6.45, 7) is 2.16. The Hall–Kier alpha value is -0.240. The fraction of sp³-hybridized carbons (Fsp3) is 0.500. The highest BCUT2D eigenvalue weighted by molar-refractivity contribution is 6.35. The van der Waals surface area contributed by atoms with Crippen molar-refractivity contribution in [3.63, 3.8) is 0 Å². The zero-order chi connectivity index (χ0) is 11.0. The van der Waals surface area contributed by atoms with E-state index in [9.17, 15) is 5.11 Å². The normalized spacial score (nSPS) is 26.4. The lowest BCUT2D eigenvalue weighted by Gasteiger charge is -2.11. The second-order valence-electron chi connectivity index (χ2n) is 4.38. The Labute approximate surface area is 100 Å². The van der Waals surface area contributed by atoms with Gasteiger partial charge in [0.1, 0.15) is 0 Å². The van der Waals surface area contributed by atoms with Gasteiger partial charge < -0.3 is 5.11 Å². The second kappa shape index (κ2) is 4.32. The first-order valence-electron chi connectivity index (χ1n) is 5.20. The summed E-state index contributed by atoms with van der Waals surface area (Å²) < 4.78 is 0. The van der Waals surface area contributed by atoms with E-state index in [2.05, 4.69) is 6.92 Å². The first kappa shape index (κ1) is 11.3. The minimum Gasteiger partial charge on any atom is -0.392 e. The van der Waals surface area contributed by atoms with Crippen molar-refractivity contribution in [2.45, 2.75) is 25.9 Å². The molecule has 1 aliphatic rings. The molecule has 1 N–H and O–H groups in total. The predicted octanol–water partition coefficient (Wildman–Crippen LogP) is 3.55. The van der Waals surface area contributed by atoms with Crippen LogP contribution in [0.1, 0.15) is 18.9 Å². The van der Waals surface area contributed by atoms with E-state index in [-0.39, 0.29) is 6.10 Å². The van der Waals surface area contributed by atoms with Crippen molar-refractivity contribution in [3.8, 4) is 0 Å². The lowest BCUT2D eigenvalue weighted by Crippen LogP contribution is -2.14. The number of aliphatic hydroxyl groups excluding tert-OH is 1. The van der Waals surface area contributed by atoms with Crippen LogP contribution in [0.4, 0.5) is 0 Å². The molecule has 1 fully saturated rings. The average molecular weight is 245 g/mol. The van der Waals surface area contributed by atoms with Gasteiger partial charge in [0.25, 0.3) is 0 Å². The molecule has 0 spiro atoms. The lowest BCUT2D eigenvalue weighted by molar-refractivity contribution is 0.146. The predicted molar refractivity (Wildman–Crippen MR) is 63.4 cm³/mol. The van der Waals surface area contributed by atoms with Crippen molar-refractivity contribution in [2.24, 2.45) is 11.8 Å². The van der Waals surface area contributed by atoms with Crippen LogP contribution >= 0.6 is 23.2 Å². The van der Waals surface area contributed by atoms with Gasteiger partial charge in [0, 0.05) is 16.5 Å². The summed E-state index contributed by atoms with van der Waals surface area (Å²) in [6.07, 6.45) is 1.50. The van der Waals surface area contributed by atoms with E-state index in [1.54, 1.807) is 6.07 Å². The quantitative estimate of drug-likeness (QED) is 0.863. The van der Waals surface area contributed by atoms with E-state index in [1.807, 2.05) is 12.1 Å². The molecule has 0 aromatic heterocycles. The average Bonchev–Trinajstić information content (AvgIpc) is 2.88. The summed E-state index contributed by atoms with van der Waals surface area (Å²) in [7, 11) is 0. The van der Waals surface area contributed by atoms with Crippen molar-refractivity contribution in [1.82, 2.24) is 0 Å². The summed E-state index contributed by atoms with van der Waals surface area (Å²) in [5.41, 5.74) is 0.979. The third-order valence-electron chi connectivity index (χ3n) is 3.11. The van der Waals surface area contributed by atoms with E-state index in [0.717, 1.165) is 12.0 Å². The van der Waals surface area contributed by atoms with Gasteiger partial charge in [-0.25, -0.2) is 0 Å². The van der Waals surface area contributed by atoms with Gasteiger partial charge in [-0.1, -0.05) is 36.2 Å². The Morgan fingerprint density at radius 2 is 2.13 bits per heavy atom. The summed E-state index contributed by atoms with van der Waals surface area (Å²) in [5.74, 6) is 1.11. The number of halogens is 2. The highest BCUT2D eigenvalue weighted by atomic mass is 35.5. The first-order chi connectivity index (χ1) is 7.08. The molecule has 2 rings (SSSR count). The summed E-state index contributed by atoms with van der Waals surface area (Å²) in [6, 6.07) is 5.42. The van der Waals surface area contributed by atoms with Crippen LogP contribution in [0.15, 0.2) is 18.2 Å². The van der Waals surface area contributed by atoms with Crippen LogP contribution in [-0.4, -0.2) is 11.2 Å². The van der Waals surface area contributed by atoms with E-state index < -0.39 is 0 Å². The zero-order valence-corrected chi connectivity index (χ0v) is 10.1. The maximum Gasteiger partial charge on any atom is 0.0611 e. The maximum absolute atomic E-state index is 9.91. The summed E-state index contributed by atoms with van der Waals surface area (Å²) >= 11 is 11.8. The van der Waals surface area contributed by atoms with E-state index in [0.29, 0.717) is 28.3 Å². The van der Waals surface area contributed by atoms with E-state index in [4.69, 9.17) is 23.2 Å². The van der Waals surface area contributed by atoms with Gasteiger partial charge in [-0.2, -0.15) is 0 Å². The smallest absolute Gasteiger partial charge is 0.0611 e. The second-order valence-corrected chi connectivity index (χ2v) is 5.23. The molecule has 3 heteroatoms. The summed E-state index contributed by atoms with van der Waals surface area (Å²) in [5, 5.41) is 11.2. The molecule has 0 radical (unpaired) electrons. The van der Waals surface area contributed by atoms with Crippen molar-refractivity contribution in [3.05, 3.63) is 33.8 Å². The van der Waals surface area contributed by atoms with Gasteiger partial charge in [-0.15, -0.1) is 0 Å². The van der Waals surface area contributed by atoms with Crippen LogP contribution in [0, 0.1) is 11.8 Å². The molecule has 0 amide bonds. The number of hydrogen-bond donors (Lipinski definition) is 1. The monoisotopic (exact) mass is 244 g/mol. The molecule has 0 heterocycles. The van der Waals surface area contributed by atoms with Gasteiger partial charge in [0.2, 0.25) is 0 Å². The molecule has 0 bridgehead atoms. The van der Waals surface area contributed by atoms with Gasteiger partial charge in [-0.05, 0) is 36.0 Å². The minimum absolute atomic E-state index is 0.265. The van der Waals surface area contributed by atoms with Gasteiger partial charge in [0.05, 0.1) is 6.10 Å². The standard InChI is InChI=1S/C12H14Cl2O/c1-7-4-10(7)12(15)5-8-2-3-9(13)6-11(8)14/h2-3,6-7,10,12,15H,4-5H2,1H3. The fourth-order valence-corrected chi connectivity index (χ4v) is 2.44. The van der Waals surface area contributed by atoms with Gasteiger partial charge >= 0.3 is 0 Å². The highest BCUT2D eigenvalue weighted by Crippen LogP contribution is 2.41. The van der Waals surface area contributed by atoms with Crippen molar-refractivity contribution < 1.29 is 5.11 Å². The Bertz CT molecular complexity index is 365. The Morgan fingerprint density at radius 3 is 2.67 bits per heavy atom. The molecule has 15 heavy (non-hydrogen) atoms. The fourth-order valence-electron chi connectivity index (χ4n) is 1.95.